The average molecular weight is 328 g/mol. The van der Waals surface area contributed by atoms with Gasteiger partial charge < -0.3 is 4.74 Å². The smallest absolute Gasteiger partial charge is 0.403 e. The molecule has 1 aromatic rings. The van der Waals surface area contributed by atoms with Crippen molar-refractivity contribution in [2.75, 3.05) is 0 Å². The Hall–Kier alpha value is -1.28. The van der Waals surface area contributed by atoms with E-state index in [2.05, 4.69) is 26.1 Å². The third-order valence-electron chi connectivity index (χ3n) is 2.09. The summed E-state index contributed by atoms with van der Waals surface area (Å²) in [4.78, 5) is 5.03. The Bertz CT molecular complexity index is 489. The van der Waals surface area contributed by atoms with Crippen molar-refractivity contribution in [3.63, 3.8) is 0 Å². The van der Waals surface area contributed by atoms with E-state index in [-0.39, 0.29) is 0 Å². The van der Waals surface area contributed by atoms with Gasteiger partial charge in [0.05, 0.1) is 0 Å². The lowest BCUT2D eigenvalue weighted by Crippen LogP contribution is -2.18. The first-order valence-electron chi connectivity index (χ1n) is 4.69. The molecular weight excluding hydrogens is 322 g/mol. The van der Waals surface area contributed by atoms with Crippen molar-refractivity contribution in [1.82, 2.24) is 5.48 Å². The SMILES string of the molecule is Fc1cc([C@@H]2C=C(Br)NO2)ccc1OC(F)(F)F. The molecule has 0 aliphatic carbocycles. The molecule has 0 aromatic heterocycles. The average Bonchev–Trinajstić information content (AvgIpc) is 2.66. The van der Waals surface area contributed by atoms with E-state index >= 15 is 0 Å². The third-order valence-corrected chi connectivity index (χ3v) is 2.52. The van der Waals surface area contributed by atoms with Gasteiger partial charge in [0, 0.05) is 0 Å². The van der Waals surface area contributed by atoms with E-state index in [9.17, 15) is 17.6 Å². The summed E-state index contributed by atoms with van der Waals surface area (Å²) in [7, 11) is 0. The van der Waals surface area contributed by atoms with Crippen molar-refractivity contribution in [2.24, 2.45) is 0 Å². The summed E-state index contributed by atoms with van der Waals surface area (Å²) >= 11 is 3.11. The number of halogens is 5. The van der Waals surface area contributed by atoms with E-state index in [4.69, 9.17) is 4.84 Å². The molecule has 8 heteroatoms. The molecule has 0 spiro atoms. The lowest BCUT2D eigenvalue weighted by Gasteiger charge is -2.12. The number of benzene rings is 1. The number of ether oxygens (including phenoxy) is 1. The maximum atomic E-state index is 13.4. The molecule has 0 amide bonds. The topological polar surface area (TPSA) is 30.5 Å². The zero-order chi connectivity index (χ0) is 13.3. The highest BCUT2D eigenvalue weighted by Crippen LogP contribution is 2.31. The lowest BCUT2D eigenvalue weighted by atomic mass is 10.1. The van der Waals surface area contributed by atoms with Crippen molar-refractivity contribution >= 4 is 15.9 Å². The van der Waals surface area contributed by atoms with Crippen LogP contribution in [0.2, 0.25) is 0 Å². The number of alkyl halides is 3. The molecule has 18 heavy (non-hydrogen) atoms. The molecule has 1 N–H and O–H groups in total. The number of hydroxylamine groups is 1. The summed E-state index contributed by atoms with van der Waals surface area (Å²) in [6.45, 7) is 0. The molecule has 3 nitrogen and oxygen atoms in total. The number of nitrogens with one attached hydrogen (secondary N) is 1. The molecule has 1 aliphatic rings. The maximum Gasteiger partial charge on any atom is 0.573 e. The second-order valence-electron chi connectivity index (χ2n) is 3.39. The Kier molecular flexibility index (Phi) is 3.49. The fourth-order valence-corrected chi connectivity index (χ4v) is 1.72. The van der Waals surface area contributed by atoms with Crippen LogP contribution in [0.1, 0.15) is 11.7 Å². The van der Waals surface area contributed by atoms with Gasteiger partial charge in [-0.15, -0.1) is 13.2 Å². The molecular formula is C10H6BrF4NO2. The van der Waals surface area contributed by atoms with E-state index in [0.717, 1.165) is 12.1 Å². The molecule has 2 rings (SSSR count). The van der Waals surface area contributed by atoms with E-state index in [1.165, 1.54) is 6.07 Å². The molecule has 0 unspecified atom stereocenters. The van der Waals surface area contributed by atoms with Crippen LogP contribution in [0.15, 0.2) is 28.9 Å². The highest BCUT2D eigenvalue weighted by Gasteiger charge is 2.32. The monoisotopic (exact) mass is 327 g/mol. The zero-order valence-corrected chi connectivity index (χ0v) is 10.2. The fraction of sp³-hybridized carbons (Fsp3) is 0.200. The van der Waals surface area contributed by atoms with Gasteiger partial charge in [-0.2, -0.15) is 0 Å². The minimum atomic E-state index is -4.92. The Morgan fingerprint density at radius 3 is 2.56 bits per heavy atom. The molecule has 1 atom stereocenters. The largest absolute Gasteiger partial charge is 0.573 e. The summed E-state index contributed by atoms with van der Waals surface area (Å²) in [6, 6.07) is 3.12. The summed E-state index contributed by atoms with van der Waals surface area (Å²) in [5, 5.41) is 0. The molecule has 98 valence electrons. The minimum Gasteiger partial charge on any atom is -0.403 e. The Balaban J connectivity index is 2.20. The number of hydrogen-bond donors (Lipinski definition) is 1. The van der Waals surface area contributed by atoms with E-state index in [1.54, 1.807) is 6.08 Å². The molecule has 0 saturated heterocycles. The van der Waals surface area contributed by atoms with Gasteiger partial charge in [-0.1, -0.05) is 6.07 Å². The van der Waals surface area contributed by atoms with Gasteiger partial charge in [0.25, 0.3) is 0 Å². The first-order chi connectivity index (χ1) is 8.35. The van der Waals surface area contributed by atoms with Crippen LogP contribution in [-0.2, 0) is 4.84 Å². The lowest BCUT2D eigenvalue weighted by molar-refractivity contribution is -0.275. The fourth-order valence-electron chi connectivity index (χ4n) is 1.39. The van der Waals surface area contributed by atoms with E-state index in [0.29, 0.717) is 10.2 Å². The third kappa shape index (κ3) is 3.14. The normalized spacial score (nSPS) is 19.4. The summed E-state index contributed by atoms with van der Waals surface area (Å²) < 4.78 is 53.3. The molecule has 0 bridgehead atoms. The standard InChI is InChI=1S/C10H6BrF4NO2/c11-9-4-8(18-16-9)5-1-2-7(6(12)3-5)17-10(13,14)15/h1-4,8,16H/t8-/m0/s1. The van der Waals surface area contributed by atoms with Crippen LogP contribution in [0, 0.1) is 5.82 Å². The Morgan fingerprint density at radius 1 is 1.33 bits per heavy atom. The molecule has 1 heterocycles. The van der Waals surface area contributed by atoms with Gasteiger partial charge in [-0.3, -0.25) is 10.3 Å². The van der Waals surface area contributed by atoms with E-state index < -0.39 is 24.0 Å². The number of hydrogen-bond acceptors (Lipinski definition) is 3. The van der Waals surface area contributed by atoms with Gasteiger partial charge in [0.2, 0.25) is 0 Å². The van der Waals surface area contributed by atoms with Crippen molar-refractivity contribution in [3.8, 4) is 5.75 Å². The van der Waals surface area contributed by atoms with Crippen LogP contribution in [0.5, 0.6) is 5.75 Å². The van der Waals surface area contributed by atoms with Crippen LogP contribution in [-0.4, -0.2) is 6.36 Å². The van der Waals surface area contributed by atoms with Crippen LogP contribution in [0.4, 0.5) is 17.6 Å². The number of rotatable bonds is 2. The van der Waals surface area contributed by atoms with Crippen LogP contribution < -0.4 is 10.2 Å². The van der Waals surface area contributed by atoms with Gasteiger partial charge in [0.15, 0.2) is 11.6 Å². The van der Waals surface area contributed by atoms with Crippen LogP contribution in [0.3, 0.4) is 0 Å². The minimum absolute atomic E-state index is 0.365. The summed E-state index contributed by atoms with van der Waals surface area (Å²) in [6.07, 6.45) is -3.90. The van der Waals surface area contributed by atoms with Gasteiger partial charge >= 0.3 is 6.36 Å². The maximum absolute atomic E-state index is 13.4. The quantitative estimate of drug-likeness (QED) is 0.665. The summed E-state index contributed by atoms with van der Waals surface area (Å²) in [5.74, 6) is -1.98. The highest BCUT2D eigenvalue weighted by atomic mass is 79.9. The molecule has 0 fully saturated rings. The van der Waals surface area contributed by atoms with Crippen LogP contribution >= 0.6 is 15.9 Å². The molecule has 0 saturated carbocycles. The van der Waals surface area contributed by atoms with Crippen molar-refractivity contribution in [2.45, 2.75) is 12.5 Å². The van der Waals surface area contributed by atoms with Crippen molar-refractivity contribution in [1.29, 1.82) is 0 Å². The highest BCUT2D eigenvalue weighted by molar-refractivity contribution is 9.11. The van der Waals surface area contributed by atoms with Gasteiger partial charge in [-0.05, 0) is 39.7 Å². The molecule has 1 aromatic carbocycles. The second-order valence-corrected chi connectivity index (χ2v) is 4.25. The van der Waals surface area contributed by atoms with E-state index in [1.807, 2.05) is 0 Å². The first kappa shape index (κ1) is 13.2. The second kappa shape index (κ2) is 4.77. The summed E-state index contributed by atoms with van der Waals surface area (Å²) in [5.41, 5.74) is 2.85. The predicted octanol–water partition coefficient (Wildman–Crippen LogP) is 3.54. The van der Waals surface area contributed by atoms with Gasteiger partial charge in [0.1, 0.15) is 10.7 Å². The molecule has 1 aliphatic heterocycles. The molecule has 0 radical (unpaired) electrons. The first-order valence-corrected chi connectivity index (χ1v) is 5.48. The van der Waals surface area contributed by atoms with Crippen LogP contribution in [0.25, 0.3) is 0 Å². The van der Waals surface area contributed by atoms with Gasteiger partial charge in [-0.25, -0.2) is 4.39 Å². The zero-order valence-electron chi connectivity index (χ0n) is 8.59. The Labute approximate surface area is 107 Å². The van der Waals surface area contributed by atoms with Crippen molar-refractivity contribution < 1.29 is 27.1 Å². The predicted molar refractivity (Wildman–Crippen MR) is 57.1 cm³/mol. The Morgan fingerprint density at radius 2 is 2.06 bits per heavy atom. The van der Waals surface area contributed by atoms with Crippen molar-refractivity contribution in [3.05, 3.63) is 40.3 Å².